The maximum Gasteiger partial charge on any atom is 0.519 e. The maximum atomic E-state index is 12.8. The highest BCUT2D eigenvalue weighted by Crippen LogP contribution is 2.40. The van der Waals surface area contributed by atoms with E-state index in [-0.39, 0.29) is 11.4 Å². The van der Waals surface area contributed by atoms with Gasteiger partial charge in [0.2, 0.25) is 0 Å². The molecule has 0 aliphatic carbocycles. The fraction of sp³-hybridized carbons (Fsp3) is 0.220. The number of hydrogen-bond acceptors (Lipinski definition) is 7. The van der Waals surface area contributed by atoms with E-state index in [0.717, 1.165) is 39.3 Å². The van der Waals surface area contributed by atoms with Crippen LogP contribution in [0.2, 0.25) is 0 Å². The smallest absolute Gasteiger partial charge is 0.497 e. The van der Waals surface area contributed by atoms with Crippen molar-refractivity contribution < 1.29 is 28.5 Å². The highest BCUT2D eigenvalue weighted by molar-refractivity contribution is 5.69. The van der Waals surface area contributed by atoms with Crippen LogP contribution in [0.4, 0.5) is 10.5 Å². The fourth-order valence-electron chi connectivity index (χ4n) is 5.80. The number of benzene rings is 5. The first-order chi connectivity index (χ1) is 22.9. The van der Waals surface area contributed by atoms with E-state index in [9.17, 15) is 9.59 Å². The van der Waals surface area contributed by atoms with Crippen molar-refractivity contribution in [1.29, 1.82) is 0 Å². The van der Waals surface area contributed by atoms with Gasteiger partial charge in [0.15, 0.2) is 0 Å². The number of hydrogen-bond donors (Lipinski definition) is 0. The lowest BCUT2D eigenvalue weighted by Gasteiger charge is -2.32. The monoisotopic (exact) mass is 643 g/mol. The van der Waals surface area contributed by atoms with E-state index in [0.29, 0.717) is 17.2 Å². The molecule has 0 aliphatic heterocycles. The second-order valence-electron chi connectivity index (χ2n) is 12.5. The molecule has 7 nitrogen and oxygen atoms in total. The largest absolute Gasteiger partial charge is 0.519 e. The Hall–Kier alpha value is -5.56. The zero-order valence-corrected chi connectivity index (χ0v) is 28.4. The summed E-state index contributed by atoms with van der Waals surface area (Å²) in [5.74, 6) is 1.67. The molecule has 0 N–H and O–H groups in total. The summed E-state index contributed by atoms with van der Waals surface area (Å²) in [5, 5.41) is 0. The summed E-state index contributed by atoms with van der Waals surface area (Å²) in [7, 11) is 5.70. The lowest BCUT2D eigenvalue weighted by Crippen LogP contribution is -2.25. The van der Waals surface area contributed by atoms with Gasteiger partial charge in [-0.3, -0.25) is 4.79 Å². The number of ether oxygens (including phenoxy) is 4. The van der Waals surface area contributed by atoms with Crippen molar-refractivity contribution in [3.05, 3.63) is 149 Å². The highest BCUT2D eigenvalue weighted by Gasteiger charge is 2.31. The first-order valence-electron chi connectivity index (χ1n) is 15.7. The molecule has 48 heavy (non-hydrogen) atoms. The fourth-order valence-corrected chi connectivity index (χ4v) is 5.80. The molecule has 5 aromatic rings. The van der Waals surface area contributed by atoms with E-state index in [1.807, 2.05) is 62.6 Å². The molecule has 0 saturated carbocycles. The van der Waals surface area contributed by atoms with Gasteiger partial charge in [-0.05, 0) is 95.4 Å². The molecule has 0 heterocycles. The van der Waals surface area contributed by atoms with Gasteiger partial charge in [-0.1, -0.05) is 74.5 Å². The van der Waals surface area contributed by atoms with Gasteiger partial charge in [0, 0.05) is 37.5 Å². The molecule has 5 aromatic carbocycles. The maximum absolute atomic E-state index is 12.8. The van der Waals surface area contributed by atoms with Crippen LogP contribution in [0.1, 0.15) is 55.5 Å². The van der Waals surface area contributed by atoms with Crippen molar-refractivity contribution in [1.82, 2.24) is 0 Å². The minimum absolute atomic E-state index is 0.343. The number of rotatable bonds is 10. The molecule has 246 valence electrons. The minimum atomic E-state index is -0.826. The van der Waals surface area contributed by atoms with E-state index >= 15 is 0 Å². The van der Waals surface area contributed by atoms with Crippen LogP contribution < -0.4 is 23.8 Å². The number of carbonyl (C=O) groups is 2. The van der Waals surface area contributed by atoms with Crippen molar-refractivity contribution in [3.8, 4) is 23.0 Å². The predicted molar refractivity (Wildman–Crippen MR) is 189 cm³/mol. The molecule has 7 heteroatoms. The summed E-state index contributed by atoms with van der Waals surface area (Å²) in [6.45, 7) is 7.76. The second-order valence-corrected chi connectivity index (χ2v) is 12.5. The molecule has 0 bridgehead atoms. The predicted octanol–water partition coefficient (Wildman–Crippen LogP) is 8.94. The highest BCUT2D eigenvalue weighted by atomic mass is 16.7. The quantitative estimate of drug-likeness (QED) is 0.0651. The SMILES string of the molecule is COc1ccc(C(C)(c2ccc(OC(=O)Oc3ccc(C(C)(C)c4ccc(OC(C)=O)cc4)cc3)cc2)c2ccc(N(C)C)cc2)cc1. The van der Waals surface area contributed by atoms with Crippen molar-refractivity contribution in [3.63, 3.8) is 0 Å². The van der Waals surface area contributed by atoms with E-state index in [1.165, 1.54) is 6.92 Å². The van der Waals surface area contributed by atoms with Crippen LogP contribution in [0.15, 0.2) is 121 Å². The van der Waals surface area contributed by atoms with Crippen LogP contribution in [0.3, 0.4) is 0 Å². The van der Waals surface area contributed by atoms with Gasteiger partial charge in [-0.15, -0.1) is 0 Å². The Kier molecular flexibility index (Phi) is 9.89. The van der Waals surface area contributed by atoms with Crippen LogP contribution in [-0.4, -0.2) is 33.3 Å². The van der Waals surface area contributed by atoms with Crippen LogP contribution in [-0.2, 0) is 15.6 Å². The van der Waals surface area contributed by atoms with Gasteiger partial charge < -0.3 is 23.8 Å². The zero-order chi connectivity index (χ0) is 34.5. The Morgan fingerprint density at radius 3 is 1.19 bits per heavy atom. The summed E-state index contributed by atoms with van der Waals surface area (Å²) in [4.78, 5) is 26.1. The number of anilines is 1. The third-order valence-corrected chi connectivity index (χ3v) is 8.88. The molecular formula is C41H41NO6. The Morgan fingerprint density at radius 2 is 0.833 bits per heavy atom. The van der Waals surface area contributed by atoms with Crippen LogP contribution in [0.25, 0.3) is 0 Å². The van der Waals surface area contributed by atoms with Crippen LogP contribution in [0, 0.1) is 0 Å². The molecule has 0 aromatic heterocycles. The third-order valence-electron chi connectivity index (χ3n) is 8.88. The second kappa shape index (κ2) is 14.1. The molecule has 1 atom stereocenters. The van der Waals surface area contributed by atoms with Crippen molar-refractivity contribution in [2.75, 3.05) is 26.1 Å². The Bertz CT molecular complexity index is 1840. The topological polar surface area (TPSA) is 74.3 Å². The summed E-state index contributed by atoms with van der Waals surface area (Å²) in [6, 6.07) is 38.9. The Labute approximate surface area is 282 Å². The number of carbonyl (C=O) groups excluding carboxylic acids is 2. The van der Waals surface area contributed by atoms with E-state index in [2.05, 4.69) is 62.1 Å². The number of esters is 1. The third kappa shape index (κ3) is 7.36. The van der Waals surface area contributed by atoms with Gasteiger partial charge in [-0.25, -0.2) is 4.79 Å². The summed E-state index contributed by atoms with van der Waals surface area (Å²) in [6.07, 6.45) is -0.826. The first kappa shape index (κ1) is 33.8. The van der Waals surface area contributed by atoms with Crippen molar-refractivity contribution in [2.24, 2.45) is 0 Å². The van der Waals surface area contributed by atoms with Crippen LogP contribution in [0.5, 0.6) is 23.0 Å². The molecule has 0 spiro atoms. The molecule has 0 radical (unpaired) electrons. The zero-order valence-electron chi connectivity index (χ0n) is 28.4. The summed E-state index contributed by atoms with van der Waals surface area (Å²) < 4.78 is 21.6. The first-order valence-corrected chi connectivity index (χ1v) is 15.7. The number of methoxy groups -OCH3 is 1. The van der Waals surface area contributed by atoms with Crippen LogP contribution >= 0.6 is 0 Å². The molecule has 1 unspecified atom stereocenters. The molecule has 0 aliphatic rings. The Balaban J connectivity index is 1.29. The standard InChI is InChI=1S/C41H41NO6/c1-28(43)46-36-22-10-29(11-23-36)40(2,3)30-12-24-37(25-13-30)47-39(44)48-38-26-16-33(17-27-38)41(4,32-14-20-35(45-7)21-15-32)31-8-18-34(19-9-31)42(5)6/h8-27H,1-7H3. The average Bonchev–Trinajstić information content (AvgIpc) is 3.08. The van der Waals surface area contributed by atoms with Gasteiger partial charge in [0.05, 0.1) is 7.11 Å². The van der Waals surface area contributed by atoms with Crippen molar-refractivity contribution in [2.45, 2.75) is 38.5 Å². The lowest BCUT2D eigenvalue weighted by molar-refractivity contribution is -0.131. The molecular weight excluding hydrogens is 602 g/mol. The average molecular weight is 644 g/mol. The summed E-state index contributed by atoms with van der Waals surface area (Å²) in [5.41, 5.74) is 5.60. The van der Waals surface area contributed by atoms with E-state index in [1.54, 1.807) is 43.5 Å². The van der Waals surface area contributed by atoms with Gasteiger partial charge in [0.25, 0.3) is 0 Å². The Morgan fingerprint density at radius 1 is 0.500 bits per heavy atom. The van der Waals surface area contributed by atoms with Gasteiger partial charge >= 0.3 is 12.1 Å². The van der Waals surface area contributed by atoms with Gasteiger partial charge in [-0.2, -0.15) is 0 Å². The number of nitrogens with zero attached hydrogens (tertiary/aromatic N) is 1. The normalized spacial score (nSPS) is 12.4. The lowest BCUT2D eigenvalue weighted by atomic mass is 9.71. The van der Waals surface area contributed by atoms with Crippen molar-refractivity contribution >= 4 is 17.8 Å². The molecule has 0 fully saturated rings. The van der Waals surface area contributed by atoms with Gasteiger partial charge in [0.1, 0.15) is 23.0 Å². The van der Waals surface area contributed by atoms with E-state index < -0.39 is 11.6 Å². The molecule has 0 amide bonds. The van der Waals surface area contributed by atoms with E-state index in [4.69, 9.17) is 18.9 Å². The minimum Gasteiger partial charge on any atom is -0.497 e. The molecule has 0 saturated heterocycles. The summed E-state index contributed by atoms with van der Waals surface area (Å²) >= 11 is 0. The molecule has 5 rings (SSSR count).